The Bertz CT molecular complexity index is 278. The molecule has 2 aliphatic carbocycles. The quantitative estimate of drug-likeness (QED) is 0.816. The number of amides is 1. The second-order valence-electron chi connectivity index (χ2n) is 6.57. The van der Waals surface area contributed by atoms with E-state index in [-0.39, 0.29) is 5.92 Å². The Labute approximate surface area is 111 Å². The van der Waals surface area contributed by atoms with Gasteiger partial charge in [0.15, 0.2) is 0 Å². The number of nitrogens with zero attached hydrogens (tertiary/aromatic N) is 1. The molecule has 18 heavy (non-hydrogen) atoms. The third-order valence-electron chi connectivity index (χ3n) is 4.36. The lowest BCUT2D eigenvalue weighted by Crippen LogP contribution is -2.41. The van der Waals surface area contributed by atoms with Crippen LogP contribution in [-0.4, -0.2) is 29.9 Å². The van der Waals surface area contributed by atoms with Gasteiger partial charge in [-0.2, -0.15) is 0 Å². The minimum atomic E-state index is 0.284. The van der Waals surface area contributed by atoms with Gasteiger partial charge >= 0.3 is 0 Å². The second-order valence-corrected chi connectivity index (χ2v) is 6.57. The molecule has 0 unspecified atom stereocenters. The van der Waals surface area contributed by atoms with Crippen molar-refractivity contribution in [2.45, 2.75) is 58.4 Å². The number of hydrogen-bond donors (Lipinski definition) is 1. The van der Waals surface area contributed by atoms with E-state index in [0.29, 0.717) is 23.8 Å². The zero-order valence-corrected chi connectivity index (χ0v) is 11.9. The molecule has 1 amide bonds. The van der Waals surface area contributed by atoms with Gasteiger partial charge in [-0.05, 0) is 56.9 Å². The van der Waals surface area contributed by atoms with E-state index < -0.39 is 0 Å². The van der Waals surface area contributed by atoms with Gasteiger partial charge in [-0.25, -0.2) is 0 Å². The maximum absolute atomic E-state index is 12.6. The van der Waals surface area contributed by atoms with Gasteiger partial charge in [0.2, 0.25) is 5.91 Å². The molecule has 0 saturated heterocycles. The highest BCUT2D eigenvalue weighted by molar-refractivity contribution is 5.79. The zero-order valence-electron chi connectivity index (χ0n) is 11.9. The molecule has 2 N–H and O–H groups in total. The summed E-state index contributed by atoms with van der Waals surface area (Å²) in [6.45, 7) is 6.14. The summed E-state index contributed by atoms with van der Waals surface area (Å²) in [5, 5.41) is 0. The molecule has 0 aromatic carbocycles. The SMILES string of the molecule is CC(C)CN(C(=O)C1CCC(CN)CC1)C1CC1. The predicted octanol–water partition coefficient (Wildman–Crippen LogP) is 2.40. The first-order valence-corrected chi connectivity index (χ1v) is 7.62. The average molecular weight is 252 g/mol. The first-order valence-electron chi connectivity index (χ1n) is 7.62. The van der Waals surface area contributed by atoms with E-state index in [2.05, 4.69) is 18.7 Å². The molecule has 3 heteroatoms. The minimum Gasteiger partial charge on any atom is -0.339 e. The summed E-state index contributed by atoms with van der Waals surface area (Å²) in [6, 6.07) is 0.562. The lowest BCUT2D eigenvalue weighted by molar-refractivity contribution is -0.138. The van der Waals surface area contributed by atoms with Crippen LogP contribution in [0.15, 0.2) is 0 Å². The van der Waals surface area contributed by atoms with Crippen LogP contribution in [0.3, 0.4) is 0 Å². The maximum Gasteiger partial charge on any atom is 0.225 e. The van der Waals surface area contributed by atoms with Crippen LogP contribution in [0.4, 0.5) is 0 Å². The highest BCUT2D eigenvalue weighted by Crippen LogP contribution is 2.34. The first-order chi connectivity index (χ1) is 8.61. The Morgan fingerprint density at radius 1 is 1.17 bits per heavy atom. The van der Waals surface area contributed by atoms with Crippen molar-refractivity contribution in [1.82, 2.24) is 4.90 Å². The van der Waals surface area contributed by atoms with E-state index >= 15 is 0 Å². The second kappa shape index (κ2) is 6.05. The summed E-state index contributed by atoms with van der Waals surface area (Å²) >= 11 is 0. The minimum absolute atomic E-state index is 0.284. The fraction of sp³-hybridized carbons (Fsp3) is 0.933. The molecule has 2 saturated carbocycles. The number of hydrogen-bond acceptors (Lipinski definition) is 2. The van der Waals surface area contributed by atoms with Crippen molar-refractivity contribution < 1.29 is 4.79 Å². The number of carbonyl (C=O) groups is 1. The molecule has 0 atom stereocenters. The summed E-state index contributed by atoms with van der Waals surface area (Å²) < 4.78 is 0. The van der Waals surface area contributed by atoms with Crippen molar-refractivity contribution in [2.24, 2.45) is 23.5 Å². The Morgan fingerprint density at radius 3 is 2.22 bits per heavy atom. The molecule has 104 valence electrons. The van der Waals surface area contributed by atoms with E-state index in [1.165, 1.54) is 12.8 Å². The third kappa shape index (κ3) is 3.47. The van der Waals surface area contributed by atoms with Crippen LogP contribution in [0, 0.1) is 17.8 Å². The molecule has 0 heterocycles. The highest BCUT2D eigenvalue weighted by atomic mass is 16.2. The van der Waals surface area contributed by atoms with Gasteiger partial charge in [-0.1, -0.05) is 13.8 Å². The van der Waals surface area contributed by atoms with Crippen LogP contribution in [0.5, 0.6) is 0 Å². The third-order valence-corrected chi connectivity index (χ3v) is 4.36. The van der Waals surface area contributed by atoms with Crippen LogP contribution in [0.25, 0.3) is 0 Å². The topological polar surface area (TPSA) is 46.3 Å². The van der Waals surface area contributed by atoms with Crippen LogP contribution in [0.1, 0.15) is 52.4 Å². The van der Waals surface area contributed by atoms with E-state index in [1.54, 1.807) is 0 Å². The molecule has 0 bridgehead atoms. The standard InChI is InChI=1S/C15H28N2O/c1-11(2)10-17(14-7-8-14)15(18)13-5-3-12(9-16)4-6-13/h11-14H,3-10,16H2,1-2H3. The van der Waals surface area contributed by atoms with E-state index in [0.717, 1.165) is 38.8 Å². The molecule has 3 nitrogen and oxygen atoms in total. The van der Waals surface area contributed by atoms with Gasteiger partial charge in [0.1, 0.15) is 0 Å². The number of nitrogens with two attached hydrogens (primary N) is 1. The van der Waals surface area contributed by atoms with Crippen molar-refractivity contribution >= 4 is 5.91 Å². The smallest absolute Gasteiger partial charge is 0.225 e. The molecule has 0 aromatic heterocycles. The largest absolute Gasteiger partial charge is 0.339 e. The van der Waals surface area contributed by atoms with Gasteiger partial charge in [0.05, 0.1) is 0 Å². The van der Waals surface area contributed by atoms with Crippen LogP contribution in [-0.2, 0) is 4.79 Å². The molecule has 0 aliphatic heterocycles. The highest BCUT2D eigenvalue weighted by Gasteiger charge is 2.37. The lowest BCUT2D eigenvalue weighted by Gasteiger charge is -2.32. The maximum atomic E-state index is 12.6. The monoisotopic (exact) mass is 252 g/mol. The van der Waals surface area contributed by atoms with Gasteiger partial charge in [0, 0.05) is 18.5 Å². The zero-order chi connectivity index (χ0) is 13.1. The van der Waals surface area contributed by atoms with Crippen LogP contribution >= 0.6 is 0 Å². The lowest BCUT2D eigenvalue weighted by atomic mass is 9.81. The van der Waals surface area contributed by atoms with Gasteiger partial charge in [0.25, 0.3) is 0 Å². The summed E-state index contributed by atoms with van der Waals surface area (Å²) in [4.78, 5) is 14.8. The molecule has 2 fully saturated rings. The fourth-order valence-electron chi connectivity index (χ4n) is 3.08. The van der Waals surface area contributed by atoms with Crippen molar-refractivity contribution in [1.29, 1.82) is 0 Å². The molecule has 0 aromatic rings. The molecule has 0 spiro atoms. The molecular weight excluding hydrogens is 224 g/mol. The average Bonchev–Trinajstić information content (AvgIpc) is 3.19. The van der Waals surface area contributed by atoms with Crippen molar-refractivity contribution in [2.75, 3.05) is 13.1 Å². The Morgan fingerprint density at radius 2 is 1.78 bits per heavy atom. The van der Waals surface area contributed by atoms with Crippen molar-refractivity contribution in [3.63, 3.8) is 0 Å². The number of carbonyl (C=O) groups excluding carboxylic acids is 1. The van der Waals surface area contributed by atoms with E-state index in [1.807, 2.05) is 0 Å². The van der Waals surface area contributed by atoms with Crippen molar-refractivity contribution in [3.8, 4) is 0 Å². The summed E-state index contributed by atoms with van der Waals surface area (Å²) in [6.07, 6.45) is 6.84. The number of rotatable bonds is 5. The molecule has 2 aliphatic rings. The summed E-state index contributed by atoms with van der Waals surface area (Å²) in [5.74, 6) is 1.96. The van der Waals surface area contributed by atoms with E-state index in [9.17, 15) is 4.79 Å². The van der Waals surface area contributed by atoms with Crippen LogP contribution in [0.2, 0.25) is 0 Å². The fourth-order valence-corrected chi connectivity index (χ4v) is 3.08. The Balaban J connectivity index is 1.88. The summed E-state index contributed by atoms with van der Waals surface area (Å²) in [7, 11) is 0. The molecule has 2 rings (SSSR count). The Hall–Kier alpha value is -0.570. The predicted molar refractivity (Wildman–Crippen MR) is 74.1 cm³/mol. The molecular formula is C15H28N2O. The van der Waals surface area contributed by atoms with Gasteiger partial charge in [-0.3, -0.25) is 4.79 Å². The Kier molecular flexibility index (Phi) is 4.66. The van der Waals surface area contributed by atoms with Gasteiger partial charge in [-0.15, -0.1) is 0 Å². The van der Waals surface area contributed by atoms with Crippen LogP contribution < -0.4 is 5.73 Å². The summed E-state index contributed by atoms with van der Waals surface area (Å²) in [5.41, 5.74) is 5.71. The molecule has 0 radical (unpaired) electrons. The normalized spacial score (nSPS) is 28.4. The first kappa shape index (κ1) is 13.9. The van der Waals surface area contributed by atoms with E-state index in [4.69, 9.17) is 5.73 Å². The van der Waals surface area contributed by atoms with Gasteiger partial charge < -0.3 is 10.6 Å². The van der Waals surface area contributed by atoms with Crippen molar-refractivity contribution in [3.05, 3.63) is 0 Å².